The predicted molar refractivity (Wildman–Crippen MR) is 142 cm³/mol. The molecule has 1 fully saturated rings. The van der Waals surface area contributed by atoms with E-state index in [1.165, 1.54) is 0 Å². The Kier molecular flexibility index (Phi) is 10.6. The molecule has 0 saturated carbocycles. The predicted octanol–water partition coefficient (Wildman–Crippen LogP) is 4.04. The van der Waals surface area contributed by atoms with E-state index in [0.29, 0.717) is 38.3 Å². The Bertz CT molecular complexity index is 974. The normalized spacial score (nSPS) is 16.1. The number of aromatic hydroxyl groups is 1. The van der Waals surface area contributed by atoms with Gasteiger partial charge in [-0.2, -0.15) is 0 Å². The molecule has 1 aliphatic heterocycles. The van der Waals surface area contributed by atoms with E-state index in [2.05, 4.69) is 24.5 Å². The summed E-state index contributed by atoms with van der Waals surface area (Å²) in [5, 5.41) is 17.1. The van der Waals surface area contributed by atoms with Gasteiger partial charge in [0.1, 0.15) is 12.6 Å². The van der Waals surface area contributed by atoms with Crippen molar-refractivity contribution in [2.24, 2.45) is 5.92 Å². The number of phenols is 1. The Labute approximate surface area is 215 Å². The molecule has 1 unspecified atom stereocenters. The van der Waals surface area contributed by atoms with Crippen molar-refractivity contribution < 1.29 is 19.4 Å². The first-order chi connectivity index (χ1) is 17.4. The van der Waals surface area contributed by atoms with Crippen molar-refractivity contribution in [3.63, 3.8) is 0 Å². The fraction of sp³-hybridized carbons (Fsp3) is 0.517. The Hall–Kier alpha value is -3.06. The number of ether oxygens (including phenoxy) is 1. The summed E-state index contributed by atoms with van der Waals surface area (Å²) in [5.41, 5.74) is 1.75. The van der Waals surface area contributed by atoms with Gasteiger partial charge in [-0.15, -0.1) is 0 Å². The minimum atomic E-state index is -0.555. The lowest BCUT2D eigenvalue weighted by atomic mass is 10.0. The molecule has 0 aliphatic carbocycles. The lowest BCUT2D eigenvalue weighted by Gasteiger charge is -2.29. The summed E-state index contributed by atoms with van der Waals surface area (Å²) in [6.07, 6.45) is 3.66. The van der Waals surface area contributed by atoms with Crippen LogP contribution in [0.5, 0.6) is 11.5 Å². The van der Waals surface area contributed by atoms with Gasteiger partial charge in [0.15, 0.2) is 11.5 Å². The molecule has 2 atom stereocenters. The first-order valence-electron chi connectivity index (χ1n) is 13.2. The van der Waals surface area contributed by atoms with Crippen molar-refractivity contribution >= 4 is 11.8 Å². The third-order valence-electron chi connectivity index (χ3n) is 6.47. The highest BCUT2D eigenvalue weighted by Crippen LogP contribution is 2.31. The van der Waals surface area contributed by atoms with Crippen molar-refractivity contribution in [1.82, 2.24) is 15.5 Å². The van der Waals surface area contributed by atoms with Crippen molar-refractivity contribution in [2.75, 3.05) is 19.6 Å². The van der Waals surface area contributed by atoms with Crippen LogP contribution in [0.2, 0.25) is 0 Å². The number of carbonyl (C=O) groups excluding carboxylic acids is 2. The molecule has 1 heterocycles. The number of amides is 2. The largest absolute Gasteiger partial charge is 0.504 e. The van der Waals surface area contributed by atoms with Gasteiger partial charge in [-0.1, -0.05) is 63.2 Å². The zero-order chi connectivity index (χ0) is 25.9. The van der Waals surface area contributed by atoms with Crippen molar-refractivity contribution in [2.45, 2.75) is 71.6 Å². The molecule has 0 aromatic heterocycles. The van der Waals surface area contributed by atoms with Crippen LogP contribution in [0.15, 0.2) is 48.5 Å². The van der Waals surface area contributed by atoms with E-state index in [4.69, 9.17) is 4.74 Å². The van der Waals surface area contributed by atoms with Crippen molar-refractivity contribution in [3.05, 3.63) is 59.7 Å². The number of nitrogens with zero attached hydrogens (tertiary/aromatic N) is 1. The summed E-state index contributed by atoms with van der Waals surface area (Å²) in [6, 6.07) is 14.5. The second kappa shape index (κ2) is 13.9. The molecule has 3 N–H and O–H groups in total. The average molecular weight is 496 g/mol. The molecule has 2 aromatic rings. The van der Waals surface area contributed by atoms with Gasteiger partial charge in [0.25, 0.3) is 0 Å². The smallest absolute Gasteiger partial charge is 0.245 e. The van der Waals surface area contributed by atoms with E-state index < -0.39 is 6.04 Å². The first kappa shape index (κ1) is 27.5. The molecule has 3 rings (SSSR count). The second-order valence-electron chi connectivity index (χ2n) is 9.95. The molecule has 1 saturated heterocycles. The van der Waals surface area contributed by atoms with Crippen LogP contribution in [0, 0.1) is 5.92 Å². The molecule has 2 amide bonds. The fourth-order valence-electron chi connectivity index (χ4n) is 4.57. The van der Waals surface area contributed by atoms with Crippen LogP contribution < -0.4 is 15.4 Å². The summed E-state index contributed by atoms with van der Waals surface area (Å²) in [6.45, 7) is 8.40. The van der Waals surface area contributed by atoms with Crippen LogP contribution in [0.4, 0.5) is 0 Å². The summed E-state index contributed by atoms with van der Waals surface area (Å²) in [7, 11) is 0. The maximum absolute atomic E-state index is 13.6. The van der Waals surface area contributed by atoms with Crippen LogP contribution in [0.25, 0.3) is 0 Å². The van der Waals surface area contributed by atoms with Crippen LogP contribution >= 0.6 is 0 Å². The number of nitrogens with one attached hydrogen (secondary N) is 2. The monoisotopic (exact) mass is 495 g/mol. The van der Waals surface area contributed by atoms with E-state index in [-0.39, 0.29) is 29.5 Å². The number of phenolic OH excluding ortho intramolecular Hbond substituents is 1. The standard InChI is InChI=1S/C29H41N3O4/c1-4-17-32(29(35)25(19-21(2)3)31-28(34)24-13-9-16-30-24)18-15-23-12-8-14-26(27(23)33)36-20-22-10-6-5-7-11-22/h5-8,10-12,14,21,24-25,30,33H,4,9,13,15-20H2,1-3H3,(H,31,34)/t24?,25-/m0/s1. The molecule has 1 aliphatic rings. The van der Waals surface area contributed by atoms with E-state index in [1.807, 2.05) is 54.3 Å². The van der Waals surface area contributed by atoms with Gasteiger partial charge in [-0.25, -0.2) is 0 Å². The minimum Gasteiger partial charge on any atom is -0.504 e. The first-order valence-corrected chi connectivity index (χ1v) is 13.2. The maximum atomic E-state index is 13.6. The second-order valence-corrected chi connectivity index (χ2v) is 9.95. The lowest BCUT2D eigenvalue weighted by Crippen LogP contribution is -2.53. The number of hydrogen-bond acceptors (Lipinski definition) is 5. The summed E-state index contributed by atoms with van der Waals surface area (Å²) < 4.78 is 5.86. The number of rotatable bonds is 13. The lowest BCUT2D eigenvalue weighted by molar-refractivity contribution is -0.137. The molecular weight excluding hydrogens is 454 g/mol. The molecule has 36 heavy (non-hydrogen) atoms. The SMILES string of the molecule is CCCN(CCc1cccc(OCc2ccccc2)c1O)C(=O)[C@H](CC(C)C)NC(=O)C1CCCN1. The molecule has 196 valence electrons. The molecule has 7 nitrogen and oxygen atoms in total. The summed E-state index contributed by atoms with van der Waals surface area (Å²) >= 11 is 0. The van der Waals surface area contributed by atoms with E-state index in [1.54, 1.807) is 6.07 Å². The maximum Gasteiger partial charge on any atom is 0.245 e. The Morgan fingerprint density at radius 1 is 1.14 bits per heavy atom. The van der Waals surface area contributed by atoms with Gasteiger partial charge in [0.2, 0.25) is 11.8 Å². The number of para-hydroxylation sites is 1. The van der Waals surface area contributed by atoms with Gasteiger partial charge in [0.05, 0.1) is 6.04 Å². The van der Waals surface area contributed by atoms with Gasteiger partial charge in [-0.05, 0) is 61.8 Å². The van der Waals surface area contributed by atoms with Crippen LogP contribution in [0.3, 0.4) is 0 Å². The molecule has 7 heteroatoms. The van der Waals surface area contributed by atoms with E-state index in [9.17, 15) is 14.7 Å². The minimum absolute atomic E-state index is 0.0622. The van der Waals surface area contributed by atoms with Crippen LogP contribution in [-0.2, 0) is 22.6 Å². The molecular formula is C29H41N3O4. The third-order valence-corrected chi connectivity index (χ3v) is 6.47. The van der Waals surface area contributed by atoms with Crippen LogP contribution in [0.1, 0.15) is 57.6 Å². The van der Waals surface area contributed by atoms with Crippen molar-refractivity contribution in [1.29, 1.82) is 0 Å². The molecule has 0 spiro atoms. The highest BCUT2D eigenvalue weighted by atomic mass is 16.5. The quantitative estimate of drug-likeness (QED) is 0.390. The zero-order valence-electron chi connectivity index (χ0n) is 21.8. The Balaban J connectivity index is 1.65. The molecule has 0 radical (unpaired) electrons. The van der Waals surface area contributed by atoms with E-state index >= 15 is 0 Å². The number of carbonyl (C=O) groups is 2. The zero-order valence-corrected chi connectivity index (χ0v) is 21.8. The van der Waals surface area contributed by atoms with Gasteiger partial charge in [0, 0.05) is 13.1 Å². The molecule has 2 aromatic carbocycles. The summed E-state index contributed by atoms with van der Waals surface area (Å²) in [5.74, 6) is 0.647. The fourth-order valence-corrected chi connectivity index (χ4v) is 4.57. The van der Waals surface area contributed by atoms with Gasteiger partial charge in [-0.3, -0.25) is 9.59 Å². The van der Waals surface area contributed by atoms with Crippen molar-refractivity contribution in [3.8, 4) is 11.5 Å². The Morgan fingerprint density at radius 2 is 1.92 bits per heavy atom. The highest BCUT2D eigenvalue weighted by molar-refractivity contribution is 5.90. The number of hydrogen-bond donors (Lipinski definition) is 3. The van der Waals surface area contributed by atoms with Gasteiger partial charge < -0.3 is 25.4 Å². The summed E-state index contributed by atoms with van der Waals surface area (Å²) in [4.78, 5) is 28.1. The van der Waals surface area contributed by atoms with Gasteiger partial charge >= 0.3 is 0 Å². The highest BCUT2D eigenvalue weighted by Gasteiger charge is 2.30. The van der Waals surface area contributed by atoms with E-state index in [0.717, 1.165) is 36.9 Å². The topological polar surface area (TPSA) is 90.9 Å². The van der Waals surface area contributed by atoms with Crippen LogP contribution in [-0.4, -0.2) is 53.5 Å². The molecule has 0 bridgehead atoms. The average Bonchev–Trinajstić information content (AvgIpc) is 3.41. The Morgan fingerprint density at radius 3 is 2.58 bits per heavy atom. The number of benzene rings is 2. The third kappa shape index (κ3) is 7.98.